The molecule has 3 aliphatic rings. The Morgan fingerprint density at radius 2 is 1.05 bits per heavy atom. The van der Waals surface area contributed by atoms with Crippen LogP contribution in [-0.2, 0) is 0 Å². The second kappa shape index (κ2) is 7.33. The third-order valence-corrected chi connectivity index (χ3v) is 5.15. The first-order valence-corrected chi connectivity index (χ1v) is 9.01. The van der Waals surface area contributed by atoms with Crippen molar-refractivity contribution in [3.8, 4) is 0 Å². The minimum atomic E-state index is 0.614. The van der Waals surface area contributed by atoms with Gasteiger partial charge >= 0.3 is 0 Å². The second-order valence-electron chi connectivity index (χ2n) is 6.82. The van der Waals surface area contributed by atoms with Crippen LogP contribution in [0.25, 0.3) is 0 Å². The maximum Gasteiger partial charge on any atom is 0.196 e. The van der Waals surface area contributed by atoms with Crippen molar-refractivity contribution in [3.63, 3.8) is 0 Å². The normalized spacial score (nSPS) is 25.6. The van der Waals surface area contributed by atoms with Crippen molar-refractivity contribution in [3.05, 3.63) is 0 Å². The third-order valence-electron chi connectivity index (χ3n) is 5.15. The molecule has 2 saturated heterocycles. The van der Waals surface area contributed by atoms with Crippen LogP contribution >= 0.6 is 0 Å². The van der Waals surface area contributed by atoms with Crippen LogP contribution in [0, 0.1) is 0 Å². The number of hydrogen-bond donors (Lipinski definition) is 0. The minimum Gasteiger partial charge on any atom is -0.343 e. The Bertz CT molecular complexity index is 288. The van der Waals surface area contributed by atoms with E-state index in [1.165, 1.54) is 103 Å². The molecule has 2 aliphatic heterocycles. The van der Waals surface area contributed by atoms with Crippen LogP contribution in [0.15, 0.2) is 4.99 Å². The van der Waals surface area contributed by atoms with E-state index in [9.17, 15) is 0 Å². The molecule has 0 amide bonds. The average Bonchev–Trinajstić information content (AvgIpc) is 2.55. The largest absolute Gasteiger partial charge is 0.343 e. The summed E-state index contributed by atoms with van der Waals surface area (Å²) in [5, 5.41) is 0. The van der Waals surface area contributed by atoms with E-state index in [2.05, 4.69) is 9.80 Å². The molecule has 0 bridgehead atoms. The van der Waals surface area contributed by atoms with Gasteiger partial charge in [0.25, 0.3) is 0 Å². The number of aliphatic imine (C=N–C) groups is 1. The summed E-state index contributed by atoms with van der Waals surface area (Å²) in [5.74, 6) is 1.37. The molecule has 0 aromatic carbocycles. The van der Waals surface area contributed by atoms with E-state index in [0.29, 0.717) is 6.04 Å². The van der Waals surface area contributed by atoms with E-state index in [4.69, 9.17) is 4.99 Å². The van der Waals surface area contributed by atoms with Crippen LogP contribution < -0.4 is 0 Å². The SMILES string of the molecule is C1CCC(N=C(N2CCCCC2)N2CCCCC2)CC1. The molecular weight excluding hydrogens is 246 g/mol. The second-order valence-corrected chi connectivity index (χ2v) is 6.82. The third kappa shape index (κ3) is 3.67. The molecule has 3 fully saturated rings. The van der Waals surface area contributed by atoms with E-state index < -0.39 is 0 Å². The van der Waals surface area contributed by atoms with Gasteiger partial charge in [-0.05, 0) is 51.4 Å². The molecule has 20 heavy (non-hydrogen) atoms. The summed E-state index contributed by atoms with van der Waals surface area (Å²) < 4.78 is 0. The van der Waals surface area contributed by atoms with Gasteiger partial charge in [-0.25, -0.2) is 4.99 Å². The van der Waals surface area contributed by atoms with E-state index in [0.717, 1.165) is 0 Å². The van der Waals surface area contributed by atoms with E-state index in [1.807, 2.05) is 0 Å². The topological polar surface area (TPSA) is 18.8 Å². The Labute approximate surface area is 124 Å². The van der Waals surface area contributed by atoms with Crippen molar-refractivity contribution in [2.24, 2.45) is 4.99 Å². The minimum absolute atomic E-state index is 0.614. The number of guanidine groups is 1. The standard InChI is InChI=1S/C17H31N3/c1-4-10-16(11-5-1)18-17(19-12-6-2-7-13-19)20-14-8-3-9-15-20/h16H,1-15H2. The number of rotatable bonds is 1. The van der Waals surface area contributed by atoms with Gasteiger partial charge in [-0.2, -0.15) is 0 Å². The molecule has 2 heterocycles. The van der Waals surface area contributed by atoms with Crippen LogP contribution in [0.4, 0.5) is 0 Å². The Balaban J connectivity index is 1.71. The molecule has 3 rings (SSSR count). The first-order valence-electron chi connectivity index (χ1n) is 9.01. The lowest BCUT2D eigenvalue weighted by Gasteiger charge is -2.39. The molecule has 1 aliphatic carbocycles. The predicted molar refractivity (Wildman–Crippen MR) is 85.2 cm³/mol. The molecular formula is C17H31N3. The van der Waals surface area contributed by atoms with Gasteiger partial charge in [-0.3, -0.25) is 0 Å². The van der Waals surface area contributed by atoms with Gasteiger partial charge in [0.1, 0.15) is 0 Å². The summed E-state index contributed by atoms with van der Waals surface area (Å²) in [6, 6.07) is 0.614. The van der Waals surface area contributed by atoms with Gasteiger partial charge < -0.3 is 9.80 Å². The lowest BCUT2D eigenvalue weighted by molar-refractivity contribution is 0.252. The molecule has 114 valence electrons. The molecule has 0 radical (unpaired) electrons. The Morgan fingerprint density at radius 1 is 0.600 bits per heavy atom. The van der Waals surface area contributed by atoms with Gasteiger partial charge in [0.15, 0.2) is 5.96 Å². The smallest absolute Gasteiger partial charge is 0.196 e. The molecule has 0 aromatic rings. The highest BCUT2D eigenvalue weighted by molar-refractivity contribution is 5.80. The summed E-state index contributed by atoms with van der Waals surface area (Å²) in [6.07, 6.45) is 15.1. The van der Waals surface area contributed by atoms with Crippen LogP contribution in [0.5, 0.6) is 0 Å². The highest BCUT2D eigenvalue weighted by atomic mass is 15.4. The van der Waals surface area contributed by atoms with Crippen molar-refractivity contribution in [1.29, 1.82) is 0 Å². The maximum absolute atomic E-state index is 5.25. The molecule has 0 N–H and O–H groups in total. The summed E-state index contributed by atoms with van der Waals surface area (Å²) in [5.41, 5.74) is 0. The van der Waals surface area contributed by atoms with Crippen molar-refractivity contribution in [1.82, 2.24) is 9.80 Å². The Kier molecular flexibility index (Phi) is 5.21. The summed E-state index contributed by atoms with van der Waals surface area (Å²) >= 11 is 0. The number of likely N-dealkylation sites (tertiary alicyclic amines) is 2. The molecule has 1 saturated carbocycles. The zero-order chi connectivity index (χ0) is 13.6. The molecule has 0 unspecified atom stereocenters. The summed E-state index contributed by atoms with van der Waals surface area (Å²) in [7, 11) is 0. The fraction of sp³-hybridized carbons (Fsp3) is 0.941. The van der Waals surface area contributed by atoms with Gasteiger partial charge in [0, 0.05) is 26.2 Å². The van der Waals surface area contributed by atoms with E-state index >= 15 is 0 Å². The van der Waals surface area contributed by atoms with Gasteiger partial charge in [-0.1, -0.05) is 19.3 Å². The predicted octanol–water partition coefficient (Wildman–Crippen LogP) is 3.65. The summed E-state index contributed by atoms with van der Waals surface area (Å²) in [6.45, 7) is 4.95. The highest BCUT2D eigenvalue weighted by Crippen LogP contribution is 2.23. The molecule has 0 spiro atoms. The fourth-order valence-corrected chi connectivity index (χ4v) is 3.92. The highest BCUT2D eigenvalue weighted by Gasteiger charge is 2.24. The van der Waals surface area contributed by atoms with Crippen LogP contribution in [-0.4, -0.2) is 48.0 Å². The zero-order valence-corrected chi connectivity index (χ0v) is 13.0. The van der Waals surface area contributed by atoms with E-state index in [1.54, 1.807) is 0 Å². The van der Waals surface area contributed by atoms with E-state index in [-0.39, 0.29) is 0 Å². The van der Waals surface area contributed by atoms with Crippen LogP contribution in [0.1, 0.15) is 70.6 Å². The first kappa shape index (κ1) is 14.2. The zero-order valence-electron chi connectivity index (χ0n) is 13.0. The lowest BCUT2D eigenvalue weighted by atomic mass is 9.96. The summed E-state index contributed by atoms with van der Waals surface area (Å²) in [4.78, 5) is 10.5. The quantitative estimate of drug-likeness (QED) is 0.538. The number of piperidine rings is 2. The van der Waals surface area contributed by atoms with Gasteiger partial charge in [0.2, 0.25) is 0 Å². The van der Waals surface area contributed by atoms with Crippen LogP contribution in [0.2, 0.25) is 0 Å². The Morgan fingerprint density at radius 3 is 1.55 bits per heavy atom. The molecule has 3 nitrogen and oxygen atoms in total. The lowest BCUT2D eigenvalue weighted by Crippen LogP contribution is -2.49. The van der Waals surface area contributed by atoms with Crippen molar-refractivity contribution in [2.45, 2.75) is 76.7 Å². The molecule has 0 atom stereocenters. The van der Waals surface area contributed by atoms with Crippen LogP contribution in [0.3, 0.4) is 0 Å². The maximum atomic E-state index is 5.25. The van der Waals surface area contributed by atoms with Crippen molar-refractivity contribution in [2.75, 3.05) is 26.2 Å². The monoisotopic (exact) mass is 277 g/mol. The number of nitrogens with zero attached hydrogens (tertiary/aromatic N) is 3. The van der Waals surface area contributed by atoms with Crippen molar-refractivity contribution < 1.29 is 0 Å². The molecule has 0 aromatic heterocycles. The number of hydrogen-bond acceptors (Lipinski definition) is 1. The Hall–Kier alpha value is -0.730. The van der Waals surface area contributed by atoms with Gasteiger partial charge in [-0.15, -0.1) is 0 Å². The van der Waals surface area contributed by atoms with Gasteiger partial charge in [0.05, 0.1) is 6.04 Å². The fourth-order valence-electron chi connectivity index (χ4n) is 3.92. The molecule has 3 heteroatoms. The first-order chi connectivity index (χ1) is 9.93. The average molecular weight is 277 g/mol. The van der Waals surface area contributed by atoms with Crippen molar-refractivity contribution >= 4 is 5.96 Å².